The van der Waals surface area contributed by atoms with E-state index in [9.17, 15) is 18.6 Å². The minimum absolute atomic E-state index is 0.119. The van der Waals surface area contributed by atoms with Gasteiger partial charge >= 0.3 is 10.1 Å². The van der Waals surface area contributed by atoms with Gasteiger partial charge in [0.1, 0.15) is 0 Å². The van der Waals surface area contributed by atoms with Gasteiger partial charge in [-0.3, -0.25) is 0 Å². The standard InChI is InChI=1S/C19H24O9S/c1-24-14-7-6-12(13(10-21)17(14)28-29(5,22)23)16-11(9-20)8-15(25-2)18(26-3)19(16)27-4/h6-8,20-21H,9-10H2,1-5H3. The first kappa shape index (κ1) is 22.6. The number of hydrogen-bond donors (Lipinski definition) is 2. The second-order valence-electron chi connectivity index (χ2n) is 5.91. The van der Waals surface area contributed by atoms with E-state index in [2.05, 4.69) is 0 Å². The topological polar surface area (TPSA) is 121 Å². The van der Waals surface area contributed by atoms with Crippen LogP contribution in [0.15, 0.2) is 18.2 Å². The molecule has 29 heavy (non-hydrogen) atoms. The molecule has 2 N–H and O–H groups in total. The van der Waals surface area contributed by atoms with Crippen molar-refractivity contribution in [3.05, 3.63) is 29.3 Å². The van der Waals surface area contributed by atoms with Crippen molar-refractivity contribution in [2.45, 2.75) is 13.2 Å². The predicted molar refractivity (Wildman–Crippen MR) is 105 cm³/mol. The van der Waals surface area contributed by atoms with Crippen LogP contribution in [0.25, 0.3) is 11.1 Å². The lowest BCUT2D eigenvalue weighted by Crippen LogP contribution is -2.10. The number of aliphatic hydroxyl groups excluding tert-OH is 2. The zero-order valence-electron chi connectivity index (χ0n) is 16.8. The van der Waals surface area contributed by atoms with Crippen LogP contribution in [0.5, 0.6) is 28.7 Å². The minimum Gasteiger partial charge on any atom is -0.493 e. The van der Waals surface area contributed by atoms with Gasteiger partial charge in [-0.1, -0.05) is 0 Å². The Kier molecular flexibility index (Phi) is 7.17. The van der Waals surface area contributed by atoms with Crippen LogP contribution >= 0.6 is 0 Å². The molecule has 2 aromatic rings. The van der Waals surface area contributed by atoms with Crippen LogP contribution in [-0.2, 0) is 23.3 Å². The van der Waals surface area contributed by atoms with Crippen molar-refractivity contribution in [2.24, 2.45) is 0 Å². The number of rotatable bonds is 9. The largest absolute Gasteiger partial charge is 0.493 e. The Morgan fingerprint density at radius 2 is 1.45 bits per heavy atom. The Balaban J connectivity index is 2.95. The maximum atomic E-state index is 11.8. The summed E-state index contributed by atoms with van der Waals surface area (Å²) in [6, 6.07) is 4.66. The van der Waals surface area contributed by atoms with Gasteiger partial charge < -0.3 is 33.3 Å². The molecular weight excluding hydrogens is 404 g/mol. The Morgan fingerprint density at radius 3 is 1.90 bits per heavy atom. The van der Waals surface area contributed by atoms with E-state index >= 15 is 0 Å². The molecule has 0 unspecified atom stereocenters. The lowest BCUT2D eigenvalue weighted by atomic mass is 9.93. The fourth-order valence-corrected chi connectivity index (χ4v) is 3.51. The molecular formula is C19H24O9S. The Hall–Kier alpha value is -2.69. The highest BCUT2D eigenvalue weighted by Gasteiger charge is 2.26. The van der Waals surface area contributed by atoms with Gasteiger partial charge in [0.2, 0.25) is 5.75 Å². The van der Waals surface area contributed by atoms with E-state index in [-0.39, 0.29) is 35.2 Å². The summed E-state index contributed by atoms with van der Waals surface area (Å²) < 4.78 is 50.0. The smallest absolute Gasteiger partial charge is 0.306 e. The SMILES string of the molecule is COc1ccc(-c2c(CO)cc(OC)c(OC)c2OC)c(CO)c1OS(C)(=O)=O. The average Bonchev–Trinajstić information content (AvgIpc) is 2.70. The van der Waals surface area contributed by atoms with Crippen molar-refractivity contribution in [1.82, 2.24) is 0 Å². The quantitative estimate of drug-likeness (QED) is 0.575. The molecule has 160 valence electrons. The Labute approximate surface area is 169 Å². The molecule has 0 saturated heterocycles. The third-order valence-corrected chi connectivity index (χ3v) is 4.66. The predicted octanol–water partition coefficient (Wildman–Crippen LogP) is 1.71. The molecule has 0 aliphatic carbocycles. The van der Waals surface area contributed by atoms with Crippen molar-refractivity contribution >= 4 is 10.1 Å². The van der Waals surface area contributed by atoms with Gasteiger partial charge in [0.25, 0.3) is 0 Å². The average molecular weight is 428 g/mol. The number of benzene rings is 2. The summed E-state index contributed by atoms with van der Waals surface area (Å²) in [5.41, 5.74) is 1.30. The summed E-state index contributed by atoms with van der Waals surface area (Å²) >= 11 is 0. The van der Waals surface area contributed by atoms with Crippen LogP contribution in [0.2, 0.25) is 0 Å². The van der Waals surface area contributed by atoms with Crippen molar-refractivity contribution in [1.29, 1.82) is 0 Å². The molecule has 0 aliphatic heterocycles. The Morgan fingerprint density at radius 1 is 0.828 bits per heavy atom. The summed E-state index contributed by atoms with van der Waals surface area (Å²) in [7, 11) is 1.73. The fraction of sp³-hybridized carbons (Fsp3) is 0.368. The highest BCUT2D eigenvalue weighted by atomic mass is 32.2. The minimum atomic E-state index is -3.91. The van der Waals surface area contributed by atoms with Crippen LogP contribution in [0.4, 0.5) is 0 Å². The van der Waals surface area contributed by atoms with Crippen LogP contribution in [0, 0.1) is 0 Å². The summed E-state index contributed by atoms with van der Waals surface area (Å²) in [4.78, 5) is 0. The molecule has 0 amide bonds. The molecule has 0 spiro atoms. The number of ether oxygens (including phenoxy) is 4. The first-order valence-electron chi connectivity index (χ1n) is 8.39. The number of hydrogen-bond acceptors (Lipinski definition) is 9. The summed E-state index contributed by atoms with van der Waals surface area (Å²) in [6.45, 7) is -0.953. The van der Waals surface area contributed by atoms with Gasteiger partial charge in [-0.15, -0.1) is 0 Å². The van der Waals surface area contributed by atoms with E-state index < -0.39 is 16.7 Å². The van der Waals surface area contributed by atoms with Crippen LogP contribution in [0.3, 0.4) is 0 Å². The lowest BCUT2D eigenvalue weighted by Gasteiger charge is -2.22. The molecule has 0 heterocycles. The molecule has 10 heteroatoms. The van der Waals surface area contributed by atoms with E-state index in [1.54, 1.807) is 12.1 Å². The van der Waals surface area contributed by atoms with Gasteiger partial charge in [-0.05, 0) is 29.3 Å². The highest BCUT2D eigenvalue weighted by molar-refractivity contribution is 7.86. The molecule has 0 saturated carbocycles. The molecule has 0 radical (unpaired) electrons. The van der Waals surface area contributed by atoms with Gasteiger partial charge in [0, 0.05) is 11.1 Å². The molecule has 0 atom stereocenters. The van der Waals surface area contributed by atoms with Gasteiger partial charge in [-0.25, -0.2) is 0 Å². The van der Waals surface area contributed by atoms with Crippen molar-refractivity contribution < 1.29 is 41.8 Å². The van der Waals surface area contributed by atoms with Crippen LogP contribution in [-0.4, -0.2) is 53.3 Å². The van der Waals surface area contributed by atoms with Crippen molar-refractivity contribution in [2.75, 3.05) is 34.7 Å². The van der Waals surface area contributed by atoms with Gasteiger partial charge in [0.15, 0.2) is 23.0 Å². The van der Waals surface area contributed by atoms with E-state index in [1.165, 1.54) is 34.5 Å². The van der Waals surface area contributed by atoms with E-state index in [1.807, 2.05) is 0 Å². The highest BCUT2D eigenvalue weighted by Crippen LogP contribution is 2.49. The van der Waals surface area contributed by atoms with Gasteiger partial charge in [-0.2, -0.15) is 8.42 Å². The lowest BCUT2D eigenvalue weighted by molar-refractivity contribution is 0.275. The fourth-order valence-electron chi connectivity index (χ4n) is 3.03. The molecule has 0 bridgehead atoms. The normalized spacial score (nSPS) is 11.1. The second kappa shape index (κ2) is 9.21. The van der Waals surface area contributed by atoms with Crippen LogP contribution in [0.1, 0.15) is 11.1 Å². The molecule has 0 fully saturated rings. The zero-order valence-corrected chi connectivity index (χ0v) is 17.6. The second-order valence-corrected chi connectivity index (χ2v) is 7.48. The Bertz CT molecular complexity index is 984. The monoisotopic (exact) mass is 428 g/mol. The third kappa shape index (κ3) is 4.50. The molecule has 2 rings (SSSR count). The van der Waals surface area contributed by atoms with E-state index in [0.717, 1.165) is 6.26 Å². The summed E-state index contributed by atoms with van der Waals surface area (Å²) in [5.74, 6) is 0.807. The summed E-state index contributed by atoms with van der Waals surface area (Å²) in [6.07, 6.45) is 0.885. The third-order valence-electron chi connectivity index (χ3n) is 4.19. The molecule has 0 aliphatic rings. The number of aliphatic hydroxyl groups is 2. The van der Waals surface area contributed by atoms with Gasteiger partial charge in [0.05, 0.1) is 47.9 Å². The molecule has 0 aromatic heterocycles. The first-order chi connectivity index (χ1) is 13.8. The maximum Gasteiger partial charge on any atom is 0.306 e. The van der Waals surface area contributed by atoms with E-state index in [0.29, 0.717) is 22.4 Å². The van der Waals surface area contributed by atoms with Crippen LogP contribution < -0.4 is 23.1 Å². The zero-order chi connectivity index (χ0) is 21.8. The molecule has 2 aromatic carbocycles. The summed E-state index contributed by atoms with van der Waals surface area (Å²) in [5, 5.41) is 20.0. The van der Waals surface area contributed by atoms with E-state index in [4.69, 9.17) is 23.1 Å². The van der Waals surface area contributed by atoms with Crippen molar-refractivity contribution in [3.63, 3.8) is 0 Å². The number of methoxy groups -OCH3 is 4. The maximum absolute atomic E-state index is 11.8. The first-order valence-corrected chi connectivity index (χ1v) is 10.2. The molecule has 9 nitrogen and oxygen atoms in total. The van der Waals surface area contributed by atoms with Crippen molar-refractivity contribution in [3.8, 4) is 39.9 Å².